The summed E-state index contributed by atoms with van der Waals surface area (Å²) in [4.78, 5) is 11.4. The van der Waals surface area contributed by atoms with E-state index in [1.807, 2.05) is 30.3 Å². The molecule has 0 saturated carbocycles. The van der Waals surface area contributed by atoms with Gasteiger partial charge in [-0.15, -0.1) is 0 Å². The molecule has 1 unspecified atom stereocenters. The van der Waals surface area contributed by atoms with E-state index in [0.717, 1.165) is 9.99 Å². The molecule has 0 fully saturated rings. The maximum atomic E-state index is 11.4. The molecule has 4 heteroatoms. The summed E-state index contributed by atoms with van der Waals surface area (Å²) in [5.41, 5.74) is 1.14. The first kappa shape index (κ1) is 12.2. The fourth-order valence-corrected chi connectivity index (χ4v) is 1.59. The summed E-state index contributed by atoms with van der Waals surface area (Å²) in [6, 6.07) is 9.93. The lowest BCUT2D eigenvalue weighted by Gasteiger charge is -2.07. The number of benzene rings is 1. The summed E-state index contributed by atoms with van der Waals surface area (Å²) in [5, 5.41) is 2.90. The minimum absolute atomic E-state index is 0.0666. The molecule has 0 spiro atoms. The average Bonchev–Trinajstić information content (AvgIpc) is 2.26. The van der Waals surface area contributed by atoms with Gasteiger partial charge in [0, 0.05) is 11.0 Å². The molecule has 14 heavy (non-hydrogen) atoms. The maximum Gasteiger partial charge on any atom is 0.234 e. The van der Waals surface area contributed by atoms with Gasteiger partial charge < -0.3 is 5.32 Å². The Morgan fingerprint density at radius 2 is 2.00 bits per heavy atom. The van der Waals surface area contributed by atoms with Crippen LogP contribution in [0, 0.1) is 0 Å². The molecule has 1 aromatic carbocycles. The van der Waals surface area contributed by atoms with Gasteiger partial charge in [-0.1, -0.05) is 75.5 Å². The molecular weight excluding hydrogens is 404 g/mol. The Labute approximate surface area is 111 Å². The third-order valence-electron chi connectivity index (χ3n) is 1.73. The van der Waals surface area contributed by atoms with Crippen LogP contribution >= 0.6 is 45.2 Å². The highest BCUT2D eigenvalue weighted by Gasteiger charge is 2.11. The van der Waals surface area contributed by atoms with Crippen LogP contribution in [0.15, 0.2) is 30.3 Å². The van der Waals surface area contributed by atoms with Crippen molar-refractivity contribution in [2.45, 2.75) is 10.5 Å². The molecule has 0 aliphatic rings. The van der Waals surface area contributed by atoms with Gasteiger partial charge in [-0.05, 0) is 5.56 Å². The summed E-state index contributed by atoms with van der Waals surface area (Å²) in [7, 11) is 0. The Morgan fingerprint density at radius 1 is 1.36 bits per heavy atom. The van der Waals surface area contributed by atoms with E-state index in [1.165, 1.54) is 0 Å². The van der Waals surface area contributed by atoms with Crippen LogP contribution in [-0.2, 0) is 11.3 Å². The Balaban J connectivity index is 2.38. The summed E-state index contributed by atoms with van der Waals surface area (Å²) < 4.78 is 0.913. The van der Waals surface area contributed by atoms with Crippen molar-refractivity contribution in [2.75, 3.05) is 4.43 Å². The zero-order valence-corrected chi connectivity index (χ0v) is 11.9. The van der Waals surface area contributed by atoms with Gasteiger partial charge >= 0.3 is 0 Å². The number of hydrogen-bond donors (Lipinski definition) is 1. The number of amides is 1. The predicted molar refractivity (Wildman–Crippen MR) is 75.0 cm³/mol. The second kappa shape index (κ2) is 6.60. The normalized spacial score (nSPS) is 12.1. The first-order valence-electron chi connectivity index (χ1n) is 4.25. The van der Waals surface area contributed by atoms with Crippen LogP contribution < -0.4 is 5.32 Å². The molecule has 1 amide bonds. The van der Waals surface area contributed by atoms with Gasteiger partial charge in [-0.2, -0.15) is 0 Å². The molecule has 0 radical (unpaired) electrons. The SMILES string of the molecule is O=C(NCc1ccccc1)C(I)CI. The molecule has 0 aromatic heterocycles. The van der Waals surface area contributed by atoms with Crippen molar-refractivity contribution in [1.29, 1.82) is 0 Å². The quantitative estimate of drug-likeness (QED) is 0.595. The fourth-order valence-electron chi connectivity index (χ4n) is 0.966. The number of carbonyl (C=O) groups is 1. The monoisotopic (exact) mass is 415 g/mol. The van der Waals surface area contributed by atoms with Crippen LogP contribution in [0.2, 0.25) is 0 Å². The largest absolute Gasteiger partial charge is 0.351 e. The van der Waals surface area contributed by atoms with Crippen molar-refractivity contribution in [3.63, 3.8) is 0 Å². The molecule has 1 rings (SSSR count). The van der Waals surface area contributed by atoms with Crippen LogP contribution in [0.25, 0.3) is 0 Å². The minimum atomic E-state index is 0.0666. The zero-order valence-electron chi connectivity index (χ0n) is 7.54. The van der Waals surface area contributed by atoms with Crippen LogP contribution in [0.3, 0.4) is 0 Å². The lowest BCUT2D eigenvalue weighted by molar-refractivity contribution is -0.120. The highest BCUT2D eigenvalue weighted by atomic mass is 127. The predicted octanol–water partition coefficient (Wildman–Crippen LogP) is 2.54. The number of nitrogens with one attached hydrogen (secondary N) is 1. The number of halogens is 2. The smallest absolute Gasteiger partial charge is 0.234 e. The second-order valence-corrected chi connectivity index (χ2v) is 5.21. The van der Waals surface area contributed by atoms with E-state index < -0.39 is 0 Å². The van der Waals surface area contributed by atoms with Crippen molar-refractivity contribution in [2.24, 2.45) is 0 Å². The third-order valence-corrected chi connectivity index (χ3v) is 5.30. The Bertz CT molecular complexity index is 289. The molecule has 0 aliphatic heterocycles. The standard InChI is InChI=1S/C10H11I2NO/c11-6-9(12)10(14)13-7-8-4-2-1-3-5-8/h1-5,9H,6-7H2,(H,13,14). The zero-order chi connectivity index (χ0) is 10.4. The molecule has 0 saturated heterocycles. The van der Waals surface area contributed by atoms with E-state index in [2.05, 4.69) is 50.5 Å². The molecule has 76 valence electrons. The van der Waals surface area contributed by atoms with Gasteiger partial charge in [0.15, 0.2) is 0 Å². The second-order valence-electron chi connectivity index (χ2n) is 2.83. The lowest BCUT2D eigenvalue weighted by Crippen LogP contribution is -2.31. The van der Waals surface area contributed by atoms with Crippen LogP contribution in [-0.4, -0.2) is 14.3 Å². The van der Waals surface area contributed by atoms with Crippen molar-refractivity contribution in [1.82, 2.24) is 5.32 Å². The molecule has 0 aliphatic carbocycles. The molecule has 1 N–H and O–H groups in total. The first-order valence-corrected chi connectivity index (χ1v) is 7.03. The topological polar surface area (TPSA) is 29.1 Å². The Morgan fingerprint density at radius 3 is 2.57 bits per heavy atom. The highest BCUT2D eigenvalue weighted by molar-refractivity contribution is 14.1. The molecule has 0 bridgehead atoms. The fraction of sp³-hybridized carbons (Fsp3) is 0.300. The van der Waals surface area contributed by atoms with E-state index in [1.54, 1.807) is 0 Å². The first-order chi connectivity index (χ1) is 6.74. The van der Waals surface area contributed by atoms with E-state index >= 15 is 0 Å². The van der Waals surface area contributed by atoms with Gasteiger partial charge in [0.2, 0.25) is 5.91 Å². The molecule has 0 heterocycles. The van der Waals surface area contributed by atoms with Gasteiger partial charge in [-0.3, -0.25) is 4.79 Å². The maximum absolute atomic E-state index is 11.4. The molecule has 1 aromatic rings. The van der Waals surface area contributed by atoms with Crippen LogP contribution in [0.4, 0.5) is 0 Å². The highest BCUT2D eigenvalue weighted by Crippen LogP contribution is 2.05. The van der Waals surface area contributed by atoms with E-state index in [4.69, 9.17) is 0 Å². The van der Waals surface area contributed by atoms with Crippen molar-refractivity contribution in [3.8, 4) is 0 Å². The van der Waals surface area contributed by atoms with Crippen molar-refractivity contribution in [3.05, 3.63) is 35.9 Å². The van der Waals surface area contributed by atoms with Gasteiger partial charge in [0.25, 0.3) is 0 Å². The summed E-state index contributed by atoms with van der Waals surface area (Å²) in [6.07, 6.45) is 0. The lowest BCUT2D eigenvalue weighted by atomic mass is 10.2. The number of hydrogen-bond acceptors (Lipinski definition) is 1. The van der Waals surface area contributed by atoms with Crippen LogP contribution in [0.1, 0.15) is 5.56 Å². The summed E-state index contributed by atoms with van der Waals surface area (Å²) >= 11 is 4.37. The van der Waals surface area contributed by atoms with Gasteiger partial charge in [0.1, 0.15) is 0 Å². The van der Waals surface area contributed by atoms with Crippen molar-refractivity contribution < 1.29 is 4.79 Å². The minimum Gasteiger partial charge on any atom is -0.351 e. The molecule has 1 atom stereocenters. The Hall–Kier alpha value is 0.150. The molecular formula is C10H11I2NO. The number of carbonyl (C=O) groups excluding carboxylic acids is 1. The number of rotatable bonds is 4. The van der Waals surface area contributed by atoms with E-state index in [9.17, 15) is 4.79 Å². The summed E-state index contributed by atoms with van der Waals surface area (Å²) in [6.45, 7) is 0.621. The van der Waals surface area contributed by atoms with Gasteiger partial charge in [0.05, 0.1) is 3.92 Å². The number of alkyl halides is 2. The van der Waals surface area contributed by atoms with Gasteiger partial charge in [-0.25, -0.2) is 0 Å². The Kier molecular flexibility index (Phi) is 5.76. The summed E-state index contributed by atoms with van der Waals surface area (Å²) in [5.74, 6) is 0.115. The van der Waals surface area contributed by atoms with E-state index in [-0.39, 0.29) is 9.83 Å². The van der Waals surface area contributed by atoms with E-state index in [0.29, 0.717) is 6.54 Å². The molecule has 2 nitrogen and oxygen atoms in total. The van der Waals surface area contributed by atoms with Crippen LogP contribution in [0.5, 0.6) is 0 Å². The van der Waals surface area contributed by atoms with Crippen molar-refractivity contribution >= 4 is 51.1 Å². The average molecular weight is 415 g/mol. The third kappa shape index (κ3) is 4.12.